The number of hydrogen-bond acceptors (Lipinski definition) is 8. The average molecular weight is 333 g/mol. The number of fused-ring (bicyclic) bond motifs is 1. The first-order valence-electron chi connectivity index (χ1n) is 7.13. The minimum Gasteiger partial charge on any atom is -0.486 e. The highest BCUT2D eigenvalue weighted by molar-refractivity contribution is 5.98. The molecule has 24 heavy (non-hydrogen) atoms. The van der Waals surface area contributed by atoms with Gasteiger partial charge in [0.25, 0.3) is 5.91 Å². The summed E-state index contributed by atoms with van der Waals surface area (Å²) < 4.78 is 20.4. The van der Waals surface area contributed by atoms with Gasteiger partial charge in [-0.1, -0.05) is 5.16 Å². The average Bonchev–Trinajstić information content (AvgIpc) is 2.91. The Hall–Kier alpha value is -3.23. The van der Waals surface area contributed by atoms with Crippen LogP contribution >= 0.6 is 0 Å². The van der Waals surface area contributed by atoms with Gasteiger partial charge in [0.2, 0.25) is 5.88 Å². The summed E-state index contributed by atoms with van der Waals surface area (Å²) in [6.07, 6.45) is 0. The summed E-state index contributed by atoms with van der Waals surface area (Å²) in [7, 11) is 0. The van der Waals surface area contributed by atoms with Crippen molar-refractivity contribution in [3.8, 4) is 11.5 Å². The lowest BCUT2D eigenvalue weighted by molar-refractivity contribution is -0.119. The van der Waals surface area contributed by atoms with Gasteiger partial charge in [-0.05, 0) is 19.1 Å². The van der Waals surface area contributed by atoms with Crippen molar-refractivity contribution in [2.75, 3.05) is 30.9 Å². The molecule has 0 spiro atoms. The van der Waals surface area contributed by atoms with Crippen LogP contribution in [-0.2, 0) is 9.53 Å². The summed E-state index contributed by atoms with van der Waals surface area (Å²) >= 11 is 0. The molecule has 1 aliphatic heterocycles. The summed E-state index contributed by atoms with van der Waals surface area (Å²) in [6.45, 7) is 2.00. The molecule has 0 aliphatic carbocycles. The van der Waals surface area contributed by atoms with Crippen LogP contribution in [0.1, 0.15) is 16.1 Å². The molecule has 1 aliphatic rings. The number of nitrogens with zero attached hydrogens (tertiary/aromatic N) is 1. The number of benzene rings is 1. The summed E-state index contributed by atoms with van der Waals surface area (Å²) in [4.78, 5) is 23.8. The number of nitrogens with one attached hydrogen (secondary N) is 1. The fraction of sp³-hybridized carbons (Fsp3) is 0.267. The van der Waals surface area contributed by atoms with Crippen LogP contribution in [0.2, 0.25) is 0 Å². The number of aryl methyl sites for hydroxylation is 1. The van der Waals surface area contributed by atoms with E-state index in [-0.39, 0.29) is 11.4 Å². The maximum Gasteiger partial charge on any atom is 0.346 e. The van der Waals surface area contributed by atoms with Crippen molar-refractivity contribution < 1.29 is 28.3 Å². The van der Waals surface area contributed by atoms with Crippen molar-refractivity contribution in [2.24, 2.45) is 0 Å². The number of carbonyl (C=O) groups excluding carboxylic acids is 2. The van der Waals surface area contributed by atoms with Crippen LogP contribution in [0.5, 0.6) is 11.5 Å². The van der Waals surface area contributed by atoms with Gasteiger partial charge in [0, 0.05) is 11.8 Å². The summed E-state index contributed by atoms with van der Waals surface area (Å²) in [5, 5.41) is 6.15. The number of nitrogen functional groups attached to an aromatic ring is 1. The minimum atomic E-state index is -0.774. The predicted molar refractivity (Wildman–Crippen MR) is 82.0 cm³/mol. The number of aromatic nitrogens is 1. The summed E-state index contributed by atoms with van der Waals surface area (Å²) in [5.41, 5.74) is 6.29. The first-order chi connectivity index (χ1) is 11.5. The third kappa shape index (κ3) is 3.24. The molecule has 0 unspecified atom stereocenters. The van der Waals surface area contributed by atoms with E-state index in [9.17, 15) is 9.59 Å². The molecule has 2 heterocycles. The Labute approximate surface area is 136 Å². The molecule has 9 nitrogen and oxygen atoms in total. The van der Waals surface area contributed by atoms with Crippen LogP contribution < -0.4 is 20.5 Å². The van der Waals surface area contributed by atoms with Gasteiger partial charge < -0.3 is 29.8 Å². The lowest BCUT2D eigenvalue weighted by atomic mass is 10.2. The largest absolute Gasteiger partial charge is 0.486 e. The lowest BCUT2D eigenvalue weighted by Crippen LogP contribution is -2.22. The second kappa shape index (κ2) is 6.49. The fourth-order valence-electron chi connectivity index (χ4n) is 2.16. The van der Waals surface area contributed by atoms with Crippen LogP contribution in [0.25, 0.3) is 0 Å². The van der Waals surface area contributed by atoms with E-state index < -0.39 is 18.5 Å². The van der Waals surface area contributed by atoms with Gasteiger partial charge in [0.15, 0.2) is 18.1 Å². The van der Waals surface area contributed by atoms with Gasteiger partial charge in [0.1, 0.15) is 18.8 Å². The van der Waals surface area contributed by atoms with Gasteiger partial charge >= 0.3 is 5.97 Å². The number of ether oxygens (including phenoxy) is 3. The second-order valence-electron chi connectivity index (χ2n) is 4.99. The number of anilines is 2. The first-order valence-corrected chi connectivity index (χ1v) is 7.13. The quantitative estimate of drug-likeness (QED) is 0.798. The van der Waals surface area contributed by atoms with Crippen molar-refractivity contribution in [3.63, 3.8) is 0 Å². The molecule has 0 bridgehead atoms. The van der Waals surface area contributed by atoms with Crippen molar-refractivity contribution in [1.29, 1.82) is 0 Å². The van der Waals surface area contributed by atoms with E-state index in [4.69, 9.17) is 19.9 Å². The molecule has 0 radical (unpaired) electrons. The highest BCUT2D eigenvalue weighted by Gasteiger charge is 2.21. The van der Waals surface area contributed by atoms with Crippen molar-refractivity contribution in [2.45, 2.75) is 6.92 Å². The molecule has 0 saturated heterocycles. The number of esters is 1. The number of hydrogen-bond donors (Lipinski definition) is 2. The molecule has 9 heteroatoms. The summed E-state index contributed by atoms with van der Waals surface area (Å²) in [6, 6.07) is 4.99. The SMILES string of the molecule is Cc1noc(N)c1C(=O)OCC(=O)Nc1ccc2c(c1)OCCO2. The van der Waals surface area contributed by atoms with Crippen molar-refractivity contribution >= 4 is 23.4 Å². The Balaban J connectivity index is 1.57. The molecule has 3 N–H and O–H groups in total. The Bertz CT molecular complexity index is 766. The molecular weight excluding hydrogens is 318 g/mol. The monoisotopic (exact) mass is 333 g/mol. The van der Waals surface area contributed by atoms with Gasteiger partial charge in [-0.15, -0.1) is 0 Å². The number of amides is 1. The molecule has 3 rings (SSSR count). The van der Waals surface area contributed by atoms with E-state index in [0.717, 1.165) is 0 Å². The maximum atomic E-state index is 11.9. The van der Waals surface area contributed by atoms with Crippen LogP contribution in [0.4, 0.5) is 11.6 Å². The topological polar surface area (TPSA) is 126 Å². The molecular formula is C15H15N3O6. The smallest absolute Gasteiger partial charge is 0.346 e. The molecule has 1 aromatic heterocycles. The zero-order valence-electron chi connectivity index (χ0n) is 12.8. The van der Waals surface area contributed by atoms with Crippen molar-refractivity contribution in [1.82, 2.24) is 5.16 Å². The molecule has 0 fully saturated rings. The zero-order valence-corrected chi connectivity index (χ0v) is 12.8. The molecule has 2 aromatic rings. The standard InChI is InChI=1S/C15H15N3O6/c1-8-13(14(16)24-18-8)15(20)23-7-12(19)17-9-2-3-10-11(6-9)22-5-4-21-10/h2-3,6H,4-5,7,16H2,1H3,(H,17,19). The van der Waals surface area contributed by atoms with Crippen LogP contribution in [-0.4, -0.2) is 36.9 Å². The van der Waals surface area contributed by atoms with Crippen LogP contribution in [0.3, 0.4) is 0 Å². The van der Waals surface area contributed by atoms with E-state index in [2.05, 4.69) is 15.0 Å². The first kappa shape index (κ1) is 15.7. The van der Waals surface area contributed by atoms with Crippen LogP contribution in [0.15, 0.2) is 22.7 Å². The highest BCUT2D eigenvalue weighted by atomic mass is 16.6. The number of nitrogens with two attached hydrogens (primary N) is 1. The van der Waals surface area contributed by atoms with Crippen LogP contribution in [0, 0.1) is 6.92 Å². The lowest BCUT2D eigenvalue weighted by Gasteiger charge is -2.19. The summed E-state index contributed by atoms with van der Waals surface area (Å²) in [5.74, 6) is -0.269. The Morgan fingerprint density at radius 1 is 1.29 bits per heavy atom. The molecule has 1 aromatic carbocycles. The molecule has 1 amide bonds. The third-order valence-corrected chi connectivity index (χ3v) is 3.25. The van der Waals surface area contributed by atoms with E-state index in [1.54, 1.807) is 25.1 Å². The highest BCUT2D eigenvalue weighted by Crippen LogP contribution is 2.32. The van der Waals surface area contributed by atoms with E-state index in [1.807, 2.05) is 0 Å². The maximum absolute atomic E-state index is 11.9. The Morgan fingerprint density at radius 2 is 2.04 bits per heavy atom. The normalized spacial score (nSPS) is 12.5. The Morgan fingerprint density at radius 3 is 2.75 bits per heavy atom. The van der Waals surface area contributed by atoms with E-state index >= 15 is 0 Å². The zero-order chi connectivity index (χ0) is 17.1. The van der Waals surface area contributed by atoms with E-state index in [0.29, 0.717) is 36.1 Å². The number of rotatable bonds is 4. The third-order valence-electron chi connectivity index (χ3n) is 3.25. The van der Waals surface area contributed by atoms with Gasteiger partial charge in [-0.2, -0.15) is 0 Å². The molecule has 0 atom stereocenters. The van der Waals surface area contributed by atoms with Gasteiger partial charge in [-0.25, -0.2) is 4.79 Å². The fourth-order valence-corrected chi connectivity index (χ4v) is 2.16. The minimum absolute atomic E-state index is 0.0159. The van der Waals surface area contributed by atoms with E-state index in [1.165, 1.54) is 0 Å². The van der Waals surface area contributed by atoms with Gasteiger partial charge in [-0.3, -0.25) is 4.79 Å². The van der Waals surface area contributed by atoms with Crippen molar-refractivity contribution in [3.05, 3.63) is 29.5 Å². The molecule has 126 valence electrons. The second-order valence-corrected chi connectivity index (χ2v) is 4.99. The number of carbonyl (C=O) groups is 2. The Kier molecular flexibility index (Phi) is 4.23. The molecule has 0 saturated carbocycles. The van der Waals surface area contributed by atoms with Gasteiger partial charge in [0.05, 0.1) is 5.69 Å². The predicted octanol–water partition coefficient (Wildman–Crippen LogP) is 1.13.